The second kappa shape index (κ2) is 5.40. The van der Waals surface area contributed by atoms with Crippen molar-refractivity contribution in [1.82, 2.24) is 10.2 Å². The highest BCUT2D eigenvalue weighted by Crippen LogP contribution is 2.22. The molecule has 0 saturated carbocycles. The topological polar surface area (TPSA) is 32.3 Å². The maximum atomic E-state index is 12.6. The third kappa shape index (κ3) is 2.79. The molecular weight excluding hydrogens is 351 g/mol. The van der Waals surface area contributed by atoms with E-state index in [1.54, 1.807) is 0 Å². The Morgan fingerprint density at radius 1 is 1.32 bits per heavy atom. The van der Waals surface area contributed by atoms with E-state index >= 15 is 0 Å². The lowest BCUT2D eigenvalue weighted by Crippen LogP contribution is -2.39. The molecule has 0 aliphatic carbocycles. The van der Waals surface area contributed by atoms with Crippen LogP contribution in [0.4, 0.5) is 0 Å². The maximum Gasteiger partial charge on any atom is 0.253 e. The molecule has 2 aliphatic rings. The molecule has 0 radical (unpaired) electrons. The highest BCUT2D eigenvalue weighted by molar-refractivity contribution is 14.1. The van der Waals surface area contributed by atoms with Gasteiger partial charge in [-0.25, -0.2) is 0 Å². The summed E-state index contributed by atoms with van der Waals surface area (Å²) in [5, 5.41) is 3.61. The monoisotopic (exact) mass is 370 g/mol. The van der Waals surface area contributed by atoms with Crippen molar-refractivity contribution >= 4 is 28.5 Å². The summed E-state index contributed by atoms with van der Waals surface area (Å²) in [7, 11) is 0. The van der Waals surface area contributed by atoms with E-state index in [0.29, 0.717) is 12.1 Å². The van der Waals surface area contributed by atoms with Crippen LogP contribution < -0.4 is 5.32 Å². The SMILES string of the molecule is Cc1ccc(C(=O)N2CCC3CCC(C2)N3)cc1I. The Morgan fingerprint density at radius 3 is 2.89 bits per heavy atom. The van der Waals surface area contributed by atoms with Gasteiger partial charge in [0.15, 0.2) is 0 Å². The largest absolute Gasteiger partial charge is 0.337 e. The normalized spacial score (nSPS) is 26.3. The van der Waals surface area contributed by atoms with E-state index in [1.807, 2.05) is 23.1 Å². The van der Waals surface area contributed by atoms with Crippen LogP contribution in [0.5, 0.6) is 0 Å². The lowest BCUT2D eigenvalue weighted by Gasteiger charge is -2.24. The zero-order valence-corrected chi connectivity index (χ0v) is 13.3. The molecule has 2 unspecified atom stereocenters. The lowest BCUT2D eigenvalue weighted by molar-refractivity contribution is 0.0748. The zero-order valence-electron chi connectivity index (χ0n) is 11.2. The molecule has 2 fully saturated rings. The van der Waals surface area contributed by atoms with Gasteiger partial charge in [-0.3, -0.25) is 4.79 Å². The van der Waals surface area contributed by atoms with Crippen molar-refractivity contribution in [2.24, 2.45) is 0 Å². The van der Waals surface area contributed by atoms with Crippen molar-refractivity contribution in [2.45, 2.75) is 38.3 Å². The molecular formula is C15H19IN2O. The molecule has 1 aromatic rings. The maximum absolute atomic E-state index is 12.6. The summed E-state index contributed by atoms with van der Waals surface area (Å²) in [5.74, 6) is 0.187. The Bertz CT molecular complexity index is 503. The molecule has 102 valence electrons. The average Bonchev–Trinajstić information content (AvgIpc) is 2.72. The fourth-order valence-corrected chi connectivity index (χ4v) is 3.55. The van der Waals surface area contributed by atoms with Gasteiger partial charge in [0.2, 0.25) is 0 Å². The van der Waals surface area contributed by atoms with Gasteiger partial charge in [0.25, 0.3) is 5.91 Å². The first-order valence-electron chi connectivity index (χ1n) is 6.95. The van der Waals surface area contributed by atoms with Gasteiger partial charge in [-0.15, -0.1) is 0 Å². The zero-order chi connectivity index (χ0) is 13.4. The number of amides is 1. The van der Waals surface area contributed by atoms with Gasteiger partial charge >= 0.3 is 0 Å². The summed E-state index contributed by atoms with van der Waals surface area (Å²) in [6, 6.07) is 7.13. The van der Waals surface area contributed by atoms with Crippen molar-refractivity contribution in [2.75, 3.05) is 13.1 Å². The van der Waals surface area contributed by atoms with E-state index in [0.717, 1.165) is 28.6 Å². The fourth-order valence-electron chi connectivity index (χ4n) is 3.04. The van der Waals surface area contributed by atoms with Crippen molar-refractivity contribution in [3.63, 3.8) is 0 Å². The number of nitrogens with one attached hydrogen (secondary N) is 1. The number of hydrogen-bond acceptors (Lipinski definition) is 2. The smallest absolute Gasteiger partial charge is 0.253 e. The molecule has 3 rings (SSSR count). The number of nitrogens with zero attached hydrogens (tertiary/aromatic N) is 1. The number of carbonyl (C=O) groups is 1. The van der Waals surface area contributed by atoms with Gasteiger partial charge in [0, 0.05) is 34.3 Å². The van der Waals surface area contributed by atoms with Crippen LogP contribution in [0.2, 0.25) is 0 Å². The van der Waals surface area contributed by atoms with Crippen LogP contribution in [0.1, 0.15) is 35.2 Å². The molecule has 4 heteroatoms. The highest BCUT2D eigenvalue weighted by Gasteiger charge is 2.31. The quantitative estimate of drug-likeness (QED) is 0.771. The molecule has 0 aromatic heterocycles. The Labute approximate surface area is 127 Å². The highest BCUT2D eigenvalue weighted by atomic mass is 127. The van der Waals surface area contributed by atoms with E-state index in [9.17, 15) is 4.79 Å². The van der Waals surface area contributed by atoms with Crippen molar-refractivity contribution < 1.29 is 4.79 Å². The molecule has 3 nitrogen and oxygen atoms in total. The summed E-state index contributed by atoms with van der Waals surface area (Å²) in [6.07, 6.45) is 3.57. The minimum absolute atomic E-state index is 0.187. The first kappa shape index (κ1) is 13.4. The average molecular weight is 370 g/mol. The van der Waals surface area contributed by atoms with Gasteiger partial charge in [-0.05, 0) is 66.5 Å². The number of rotatable bonds is 1. The molecule has 1 amide bonds. The number of halogens is 1. The molecule has 2 heterocycles. The van der Waals surface area contributed by atoms with Gasteiger partial charge < -0.3 is 10.2 Å². The summed E-state index contributed by atoms with van der Waals surface area (Å²) >= 11 is 2.30. The fraction of sp³-hybridized carbons (Fsp3) is 0.533. The summed E-state index contributed by atoms with van der Waals surface area (Å²) in [5.41, 5.74) is 2.06. The number of aryl methyl sites for hydroxylation is 1. The lowest BCUT2D eigenvalue weighted by atomic mass is 10.1. The Hall–Kier alpha value is -0.620. The van der Waals surface area contributed by atoms with Crippen molar-refractivity contribution in [3.8, 4) is 0 Å². The van der Waals surface area contributed by atoms with Crippen LogP contribution in [0.25, 0.3) is 0 Å². The molecule has 19 heavy (non-hydrogen) atoms. The van der Waals surface area contributed by atoms with Crippen LogP contribution >= 0.6 is 22.6 Å². The molecule has 2 saturated heterocycles. The van der Waals surface area contributed by atoms with E-state index in [-0.39, 0.29) is 5.91 Å². The third-order valence-electron chi connectivity index (χ3n) is 4.23. The number of carbonyl (C=O) groups excluding carboxylic acids is 1. The number of fused-ring (bicyclic) bond motifs is 2. The summed E-state index contributed by atoms with van der Waals surface area (Å²) < 4.78 is 1.16. The van der Waals surface area contributed by atoms with Crippen LogP contribution in [-0.4, -0.2) is 36.0 Å². The predicted octanol–water partition coefficient (Wildman–Crippen LogP) is 2.57. The first-order chi connectivity index (χ1) is 9.13. The van der Waals surface area contributed by atoms with E-state index in [4.69, 9.17) is 0 Å². The molecule has 1 N–H and O–H groups in total. The number of likely N-dealkylation sites (tertiary alicyclic amines) is 1. The minimum Gasteiger partial charge on any atom is -0.337 e. The minimum atomic E-state index is 0.187. The van der Waals surface area contributed by atoms with Crippen LogP contribution in [0, 0.1) is 10.5 Å². The van der Waals surface area contributed by atoms with Crippen LogP contribution in [0.3, 0.4) is 0 Å². The number of benzene rings is 1. The third-order valence-corrected chi connectivity index (χ3v) is 5.39. The Kier molecular flexibility index (Phi) is 3.80. The molecule has 1 aromatic carbocycles. The summed E-state index contributed by atoms with van der Waals surface area (Å²) in [6.45, 7) is 3.82. The van der Waals surface area contributed by atoms with Crippen molar-refractivity contribution in [3.05, 3.63) is 32.9 Å². The second-order valence-corrected chi connectivity index (χ2v) is 6.80. The second-order valence-electron chi connectivity index (χ2n) is 5.64. The predicted molar refractivity (Wildman–Crippen MR) is 84.4 cm³/mol. The molecule has 2 atom stereocenters. The van der Waals surface area contributed by atoms with E-state index in [2.05, 4.69) is 34.8 Å². The van der Waals surface area contributed by atoms with E-state index in [1.165, 1.54) is 18.4 Å². The van der Waals surface area contributed by atoms with Gasteiger partial charge in [0.05, 0.1) is 0 Å². The molecule has 0 spiro atoms. The van der Waals surface area contributed by atoms with Crippen molar-refractivity contribution in [1.29, 1.82) is 0 Å². The standard InChI is InChI=1S/C15H19IN2O/c1-10-2-3-11(8-14(10)16)15(19)18-7-6-12-4-5-13(9-18)17-12/h2-3,8,12-13,17H,4-7,9H2,1H3. The van der Waals surface area contributed by atoms with Gasteiger partial charge in [0.1, 0.15) is 0 Å². The van der Waals surface area contributed by atoms with Gasteiger partial charge in [-0.2, -0.15) is 0 Å². The number of hydrogen-bond donors (Lipinski definition) is 1. The van der Waals surface area contributed by atoms with Crippen LogP contribution in [0.15, 0.2) is 18.2 Å². The molecule has 2 bridgehead atoms. The Morgan fingerprint density at radius 2 is 2.11 bits per heavy atom. The van der Waals surface area contributed by atoms with Gasteiger partial charge in [-0.1, -0.05) is 6.07 Å². The molecule has 2 aliphatic heterocycles. The first-order valence-corrected chi connectivity index (χ1v) is 8.03. The van der Waals surface area contributed by atoms with E-state index < -0.39 is 0 Å². The van der Waals surface area contributed by atoms with Crippen LogP contribution in [-0.2, 0) is 0 Å². The summed E-state index contributed by atoms with van der Waals surface area (Å²) in [4.78, 5) is 14.6. The Balaban J connectivity index is 1.77.